The van der Waals surface area contributed by atoms with E-state index in [4.69, 9.17) is 4.74 Å². The minimum absolute atomic E-state index is 0.120. The number of hydrogen-bond acceptors (Lipinski definition) is 6. The van der Waals surface area contributed by atoms with Crippen LogP contribution in [0.2, 0.25) is 0 Å². The first-order chi connectivity index (χ1) is 14.6. The predicted octanol–water partition coefficient (Wildman–Crippen LogP) is 2.51. The van der Waals surface area contributed by atoms with Crippen molar-refractivity contribution in [3.05, 3.63) is 0 Å². The van der Waals surface area contributed by atoms with Gasteiger partial charge in [-0.2, -0.15) is 0 Å². The lowest BCUT2D eigenvalue weighted by atomic mass is 9.42. The topological polar surface area (TPSA) is 107 Å². The van der Waals surface area contributed by atoms with Crippen LogP contribution in [0.15, 0.2) is 0 Å². The smallest absolute Gasteiger partial charge is 0.305 e. The van der Waals surface area contributed by atoms with Gasteiger partial charge in [0.1, 0.15) is 0 Å². The van der Waals surface area contributed by atoms with Crippen LogP contribution in [0.1, 0.15) is 72.1 Å². The van der Waals surface area contributed by atoms with Crippen LogP contribution in [0.25, 0.3) is 0 Å². The van der Waals surface area contributed by atoms with Gasteiger partial charge < -0.3 is 25.2 Å². The van der Waals surface area contributed by atoms with E-state index in [0.29, 0.717) is 37.5 Å². The Balaban J connectivity index is 1.59. The molecule has 0 bridgehead atoms. The summed E-state index contributed by atoms with van der Waals surface area (Å²) in [6.45, 7) is 6.62. The Morgan fingerprint density at radius 1 is 1.00 bits per heavy atom. The van der Waals surface area contributed by atoms with Crippen molar-refractivity contribution in [1.29, 1.82) is 0 Å². The summed E-state index contributed by atoms with van der Waals surface area (Å²) < 4.78 is 4.82. The zero-order valence-electron chi connectivity index (χ0n) is 19.5. The first-order valence-corrected chi connectivity index (χ1v) is 12.3. The summed E-state index contributed by atoms with van der Waals surface area (Å²) in [7, 11) is 1.42. The molecule has 0 saturated heterocycles. The van der Waals surface area contributed by atoms with Gasteiger partial charge in [-0.3, -0.25) is 4.79 Å². The van der Waals surface area contributed by atoms with E-state index < -0.39 is 24.4 Å². The van der Waals surface area contributed by atoms with E-state index in [1.807, 2.05) is 0 Å². The van der Waals surface area contributed by atoms with Gasteiger partial charge in [0.25, 0.3) is 0 Å². The van der Waals surface area contributed by atoms with Gasteiger partial charge in [0.05, 0.1) is 31.5 Å². The normalized spacial score (nSPS) is 52.6. The highest BCUT2D eigenvalue weighted by Crippen LogP contribution is 2.68. The standard InChI is InChI=1S/C25H42O6/c1-13(5-8-21(29)31-4)14-6-7-15-22-16(12-20(28)25(14,15)3)24(2)10-9-18(26)23(30)17(24)11-19(22)27/h13-20,22-23,26-28,30H,5-12H2,1-4H3/t13-,14-,15+,16+,17-,18+,19-,20+,22+,23-,24-,25-/m1/s1. The number of rotatable bonds is 4. The maximum Gasteiger partial charge on any atom is 0.305 e. The number of aliphatic hydroxyl groups is 4. The predicted molar refractivity (Wildman–Crippen MR) is 116 cm³/mol. The summed E-state index contributed by atoms with van der Waals surface area (Å²) in [6.07, 6.45) is 3.27. The van der Waals surface area contributed by atoms with E-state index in [1.165, 1.54) is 7.11 Å². The molecule has 0 aromatic carbocycles. The number of ether oxygens (including phenoxy) is 1. The van der Waals surface area contributed by atoms with Gasteiger partial charge in [-0.15, -0.1) is 0 Å². The van der Waals surface area contributed by atoms with E-state index in [-0.39, 0.29) is 40.5 Å². The lowest BCUT2D eigenvalue weighted by Gasteiger charge is -2.64. The SMILES string of the molecule is COC(=O)CC[C@@H](C)[C@H]1CC[C@H]2[C@@H]3[C@H](O)C[C@@H]4[C@@H](O)[C@@H](O)CC[C@]4(C)[C@H]3C[C@H](O)[C@]12C. The van der Waals surface area contributed by atoms with Gasteiger partial charge in [0.2, 0.25) is 0 Å². The van der Waals surface area contributed by atoms with E-state index in [9.17, 15) is 25.2 Å². The quantitative estimate of drug-likeness (QED) is 0.503. The van der Waals surface area contributed by atoms with Crippen LogP contribution in [0, 0.1) is 46.3 Å². The summed E-state index contributed by atoms with van der Waals surface area (Å²) >= 11 is 0. The molecule has 0 heterocycles. The molecule has 178 valence electrons. The van der Waals surface area contributed by atoms with Gasteiger partial charge in [-0.25, -0.2) is 0 Å². The third-order valence-electron chi connectivity index (χ3n) is 10.6. The zero-order chi connectivity index (χ0) is 22.7. The largest absolute Gasteiger partial charge is 0.469 e. The van der Waals surface area contributed by atoms with Crippen LogP contribution in [0.4, 0.5) is 0 Å². The molecular weight excluding hydrogens is 396 g/mol. The molecule has 6 heteroatoms. The van der Waals surface area contributed by atoms with Crippen molar-refractivity contribution < 1.29 is 30.0 Å². The van der Waals surface area contributed by atoms with E-state index in [1.54, 1.807) is 0 Å². The van der Waals surface area contributed by atoms with Gasteiger partial charge in [-0.05, 0) is 91.3 Å². The molecule has 4 aliphatic carbocycles. The Hall–Kier alpha value is -0.690. The van der Waals surface area contributed by atoms with Crippen LogP contribution in [0.5, 0.6) is 0 Å². The molecular formula is C25H42O6. The fourth-order valence-electron chi connectivity index (χ4n) is 8.84. The maximum absolute atomic E-state index is 11.7. The molecule has 4 saturated carbocycles. The third kappa shape index (κ3) is 3.48. The second kappa shape index (κ2) is 8.27. The van der Waals surface area contributed by atoms with Crippen molar-refractivity contribution in [1.82, 2.24) is 0 Å². The second-order valence-corrected chi connectivity index (χ2v) is 11.7. The number of carbonyl (C=O) groups is 1. The fourth-order valence-corrected chi connectivity index (χ4v) is 8.84. The van der Waals surface area contributed by atoms with Crippen LogP contribution in [0.3, 0.4) is 0 Å². The highest BCUT2D eigenvalue weighted by atomic mass is 16.5. The van der Waals surface area contributed by atoms with Gasteiger partial charge in [0, 0.05) is 6.42 Å². The van der Waals surface area contributed by atoms with Crippen molar-refractivity contribution in [2.24, 2.45) is 46.3 Å². The zero-order valence-corrected chi connectivity index (χ0v) is 19.5. The highest BCUT2D eigenvalue weighted by molar-refractivity contribution is 5.69. The van der Waals surface area contributed by atoms with Crippen molar-refractivity contribution in [3.8, 4) is 0 Å². The van der Waals surface area contributed by atoms with Crippen molar-refractivity contribution in [3.63, 3.8) is 0 Å². The maximum atomic E-state index is 11.7. The molecule has 0 aromatic heterocycles. The molecule has 4 N–H and O–H groups in total. The van der Waals surface area contributed by atoms with E-state index in [2.05, 4.69) is 20.8 Å². The molecule has 12 atom stereocenters. The van der Waals surface area contributed by atoms with Crippen molar-refractivity contribution in [2.75, 3.05) is 7.11 Å². The number of esters is 1. The minimum atomic E-state index is -0.797. The van der Waals surface area contributed by atoms with Crippen LogP contribution < -0.4 is 0 Å². The first-order valence-electron chi connectivity index (χ1n) is 12.3. The molecule has 6 nitrogen and oxygen atoms in total. The van der Waals surface area contributed by atoms with Gasteiger partial charge in [-0.1, -0.05) is 20.8 Å². The minimum Gasteiger partial charge on any atom is -0.469 e. The Bertz CT molecular complexity index is 683. The highest BCUT2D eigenvalue weighted by Gasteiger charge is 2.66. The molecule has 4 rings (SSSR count). The monoisotopic (exact) mass is 438 g/mol. The lowest BCUT2D eigenvalue weighted by Crippen LogP contribution is -2.64. The summed E-state index contributed by atoms with van der Waals surface area (Å²) in [5, 5.41) is 43.8. The average molecular weight is 439 g/mol. The van der Waals surface area contributed by atoms with Crippen molar-refractivity contribution >= 4 is 5.97 Å². The summed E-state index contributed by atoms with van der Waals surface area (Å²) in [5.41, 5.74) is -0.437. The van der Waals surface area contributed by atoms with Gasteiger partial charge >= 0.3 is 5.97 Å². The Morgan fingerprint density at radius 2 is 1.71 bits per heavy atom. The summed E-state index contributed by atoms with van der Waals surface area (Å²) in [5.74, 6) is 0.820. The molecule has 4 aliphatic rings. The Labute approximate surface area is 186 Å². The molecule has 0 spiro atoms. The second-order valence-electron chi connectivity index (χ2n) is 11.7. The molecule has 0 radical (unpaired) electrons. The van der Waals surface area contributed by atoms with Crippen molar-refractivity contribution in [2.45, 2.75) is 96.6 Å². The van der Waals surface area contributed by atoms with E-state index >= 15 is 0 Å². The molecule has 31 heavy (non-hydrogen) atoms. The average Bonchev–Trinajstić information content (AvgIpc) is 3.10. The molecule has 0 aliphatic heterocycles. The molecule has 4 fully saturated rings. The lowest BCUT2D eigenvalue weighted by molar-refractivity contribution is -0.228. The fraction of sp³-hybridized carbons (Fsp3) is 0.960. The number of aliphatic hydroxyl groups excluding tert-OH is 4. The van der Waals surface area contributed by atoms with Crippen LogP contribution in [-0.2, 0) is 9.53 Å². The van der Waals surface area contributed by atoms with Crippen LogP contribution >= 0.6 is 0 Å². The molecule has 0 amide bonds. The first kappa shape index (κ1) is 23.5. The summed E-state index contributed by atoms with van der Waals surface area (Å²) in [6, 6.07) is 0. The Morgan fingerprint density at radius 3 is 2.39 bits per heavy atom. The summed E-state index contributed by atoms with van der Waals surface area (Å²) in [4.78, 5) is 11.7. The van der Waals surface area contributed by atoms with E-state index in [0.717, 1.165) is 25.7 Å². The molecule has 0 aromatic rings. The number of carbonyl (C=O) groups excluding carboxylic acids is 1. The van der Waals surface area contributed by atoms with Crippen LogP contribution in [-0.4, -0.2) is 57.9 Å². The number of fused-ring (bicyclic) bond motifs is 5. The number of methoxy groups -OCH3 is 1. The number of hydrogen-bond donors (Lipinski definition) is 4. The van der Waals surface area contributed by atoms with Gasteiger partial charge in [0.15, 0.2) is 0 Å². The molecule has 0 unspecified atom stereocenters. The third-order valence-corrected chi connectivity index (χ3v) is 10.6. The Kier molecular flexibility index (Phi) is 6.26.